The van der Waals surface area contributed by atoms with Crippen molar-refractivity contribution in [3.05, 3.63) is 35.9 Å². The van der Waals surface area contributed by atoms with Gasteiger partial charge in [-0.05, 0) is 44.1 Å². The molecule has 0 heteroatoms. The number of benzene rings is 1. The van der Waals surface area contributed by atoms with Gasteiger partial charge in [0.2, 0.25) is 0 Å². The highest BCUT2D eigenvalue weighted by atomic mass is 14.4. The van der Waals surface area contributed by atoms with Crippen molar-refractivity contribution in [2.75, 3.05) is 0 Å². The lowest BCUT2D eigenvalue weighted by molar-refractivity contribution is 0.132. The van der Waals surface area contributed by atoms with Crippen molar-refractivity contribution in [2.45, 2.75) is 32.6 Å². The van der Waals surface area contributed by atoms with Gasteiger partial charge in [-0.2, -0.15) is 0 Å². The SMILES string of the molecule is C#CC1(C)CC(CCc2ccccc2)C1. The van der Waals surface area contributed by atoms with Crippen LogP contribution in [0.15, 0.2) is 30.3 Å². The lowest BCUT2D eigenvalue weighted by atomic mass is 9.62. The van der Waals surface area contributed by atoms with Crippen LogP contribution in [0.1, 0.15) is 31.7 Å². The topological polar surface area (TPSA) is 0 Å². The normalized spacial score (nSPS) is 29.2. The molecular formula is C15H18. The summed E-state index contributed by atoms with van der Waals surface area (Å²) in [5.41, 5.74) is 1.66. The van der Waals surface area contributed by atoms with Gasteiger partial charge in [0.25, 0.3) is 0 Å². The summed E-state index contributed by atoms with van der Waals surface area (Å²) in [6.45, 7) is 2.20. The summed E-state index contributed by atoms with van der Waals surface area (Å²) in [4.78, 5) is 0. The van der Waals surface area contributed by atoms with Crippen LogP contribution in [-0.4, -0.2) is 0 Å². The van der Waals surface area contributed by atoms with Crippen LogP contribution in [0.5, 0.6) is 0 Å². The maximum absolute atomic E-state index is 5.49. The summed E-state index contributed by atoms with van der Waals surface area (Å²) < 4.78 is 0. The molecule has 1 aliphatic rings. The maximum atomic E-state index is 5.49. The van der Waals surface area contributed by atoms with Crippen LogP contribution < -0.4 is 0 Å². The molecule has 0 nitrogen and oxygen atoms in total. The summed E-state index contributed by atoms with van der Waals surface area (Å²) in [7, 11) is 0. The minimum Gasteiger partial charge on any atom is -0.120 e. The number of terminal acetylenes is 1. The van der Waals surface area contributed by atoms with E-state index in [9.17, 15) is 0 Å². The third-order valence-corrected chi connectivity index (χ3v) is 3.51. The highest BCUT2D eigenvalue weighted by Crippen LogP contribution is 2.46. The molecule has 1 saturated carbocycles. The molecule has 0 aromatic heterocycles. The second-order valence-corrected chi connectivity index (χ2v) is 5.00. The first-order valence-corrected chi connectivity index (χ1v) is 5.73. The van der Waals surface area contributed by atoms with Gasteiger partial charge in [-0.15, -0.1) is 12.3 Å². The Bertz CT molecular complexity index is 349. The van der Waals surface area contributed by atoms with Crippen LogP contribution in [-0.2, 0) is 6.42 Å². The van der Waals surface area contributed by atoms with Crippen molar-refractivity contribution < 1.29 is 0 Å². The molecule has 1 fully saturated rings. The van der Waals surface area contributed by atoms with Crippen molar-refractivity contribution in [2.24, 2.45) is 11.3 Å². The van der Waals surface area contributed by atoms with E-state index in [2.05, 4.69) is 43.2 Å². The van der Waals surface area contributed by atoms with Crippen LogP contribution >= 0.6 is 0 Å². The monoisotopic (exact) mass is 198 g/mol. The number of aryl methyl sites for hydroxylation is 1. The second kappa shape index (κ2) is 4.11. The third kappa shape index (κ3) is 2.42. The standard InChI is InChI=1S/C15H18/c1-3-15(2)11-14(12-15)10-9-13-7-5-4-6-8-13/h1,4-8,14H,9-12H2,2H3. The average molecular weight is 198 g/mol. The van der Waals surface area contributed by atoms with E-state index in [-0.39, 0.29) is 5.41 Å². The zero-order valence-corrected chi connectivity index (χ0v) is 9.37. The van der Waals surface area contributed by atoms with E-state index in [1.807, 2.05) is 0 Å². The van der Waals surface area contributed by atoms with Crippen LogP contribution in [0.3, 0.4) is 0 Å². The van der Waals surface area contributed by atoms with Gasteiger partial charge in [0.1, 0.15) is 0 Å². The molecule has 0 unspecified atom stereocenters. The molecule has 0 N–H and O–H groups in total. The average Bonchev–Trinajstić information content (AvgIpc) is 2.24. The first kappa shape index (κ1) is 10.3. The van der Waals surface area contributed by atoms with E-state index in [0.29, 0.717) is 0 Å². The summed E-state index contributed by atoms with van der Waals surface area (Å²) in [6, 6.07) is 10.7. The van der Waals surface area contributed by atoms with Gasteiger partial charge in [0.05, 0.1) is 0 Å². The Morgan fingerprint density at radius 3 is 2.60 bits per heavy atom. The Hall–Kier alpha value is -1.22. The van der Waals surface area contributed by atoms with Gasteiger partial charge >= 0.3 is 0 Å². The summed E-state index contributed by atoms with van der Waals surface area (Å²) in [6.07, 6.45) is 10.4. The fourth-order valence-corrected chi connectivity index (χ4v) is 2.55. The zero-order valence-electron chi connectivity index (χ0n) is 9.37. The Kier molecular flexibility index (Phi) is 2.82. The molecule has 0 atom stereocenters. The minimum absolute atomic E-state index is 0.210. The van der Waals surface area contributed by atoms with Crippen molar-refractivity contribution in [3.8, 4) is 12.3 Å². The highest BCUT2D eigenvalue weighted by molar-refractivity contribution is 5.16. The van der Waals surface area contributed by atoms with Gasteiger partial charge in [0, 0.05) is 5.41 Å². The lowest BCUT2D eigenvalue weighted by Gasteiger charge is -2.41. The molecule has 0 bridgehead atoms. The molecular weight excluding hydrogens is 180 g/mol. The molecule has 2 rings (SSSR count). The van der Waals surface area contributed by atoms with E-state index < -0.39 is 0 Å². The molecule has 0 saturated heterocycles. The number of hydrogen-bond acceptors (Lipinski definition) is 0. The first-order chi connectivity index (χ1) is 7.22. The molecule has 0 radical (unpaired) electrons. The van der Waals surface area contributed by atoms with E-state index >= 15 is 0 Å². The molecule has 0 amide bonds. The number of rotatable bonds is 3. The predicted octanol–water partition coefficient (Wildman–Crippen LogP) is 3.67. The van der Waals surface area contributed by atoms with Gasteiger partial charge < -0.3 is 0 Å². The maximum Gasteiger partial charge on any atom is 0.0289 e. The molecule has 0 aliphatic heterocycles. The van der Waals surface area contributed by atoms with E-state index in [0.717, 1.165) is 5.92 Å². The molecule has 1 aromatic carbocycles. The van der Waals surface area contributed by atoms with Crippen molar-refractivity contribution in [3.63, 3.8) is 0 Å². The molecule has 1 aliphatic carbocycles. The highest BCUT2D eigenvalue weighted by Gasteiger charge is 2.37. The van der Waals surface area contributed by atoms with Crippen LogP contribution in [0.4, 0.5) is 0 Å². The fraction of sp³-hybridized carbons (Fsp3) is 0.467. The minimum atomic E-state index is 0.210. The van der Waals surface area contributed by atoms with E-state index in [1.54, 1.807) is 0 Å². The summed E-state index contributed by atoms with van der Waals surface area (Å²) in [5, 5.41) is 0. The van der Waals surface area contributed by atoms with Gasteiger partial charge in [-0.3, -0.25) is 0 Å². The van der Waals surface area contributed by atoms with Gasteiger partial charge in [-0.1, -0.05) is 30.3 Å². The van der Waals surface area contributed by atoms with Gasteiger partial charge in [-0.25, -0.2) is 0 Å². The summed E-state index contributed by atoms with van der Waals surface area (Å²) >= 11 is 0. The molecule has 1 aromatic rings. The molecule has 78 valence electrons. The third-order valence-electron chi connectivity index (χ3n) is 3.51. The van der Waals surface area contributed by atoms with Crippen LogP contribution in [0, 0.1) is 23.7 Å². The Morgan fingerprint density at radius 2 is 2.00 bits per heavy atom. The predicted molar refractivity (Wildman–Crippen MR) is 64.4 cm³/mol. The number of hydrogen-bond donors (Lipinski definition) is 0. The Labute approximate surface area is 92.7 Å². The molecule has 0 heterocycles. The molecule has 0 spiro atoms. The Balaban J connectivity index is 1.76. The van der Waals surface area contributed by atoms with Gasteiger partial charge in [0.15, 0.2) is 0 Å². The van der Waals surface area contributed by atoms with Crippen molar-refractivity contribution >= 4 is 0 Å². The first-order valence-electron chi connectivity index (χ1n) is 5.73. The van der Waals surface area contributed by atoms with E-state index in [4.69, 9.17) is 6.42 Å². The summed E-state index contributed by atoms with van der Waals surface area (Å²) in [5.74, 6) is 3.76. The van der Waals surface area contributed by atoms with E-state index in [1.165, 1.54) is 31.2 Å². The largest absolute Gasteiger partial charge is 0.120 e. The van der Waals surface area contributed by atoms with Crippen molar-refractivity contribution in [1.82, 2.24) is 0 Å². The lowest BCUT2D eigenvalue weighted by Crippen LogP contribution is -2.33. The fourth-order valence-electron chi connectivity index (χ4n) is 2.55. The van der Waals surface area contributed by atoms with Crippen LogP contribution in [0.2, 0.25) is 0 Å². The molecule has 15 heavy (non-hydrogen) atoms. The Morgan fingerprint density at radius 1 is 1.33 bits per heavy atom. The van der Waals surface area contributed by atoms with Crippen molar-refractivity contribution in [1.29, 1.82) is 0 Å². The quantitative estimate of drug-likeness (QED) is 0.650. The zero-order chi connectivity index (χ0) is 10.7. The second-order valence-electron chi connectivity index (χ2n) is 5.00. The van der Waals surface area contributed by atoms with Crippen LogP contribution in [0.25, 0.3) is 0 Å². The smallest absolute Gasteiger partial charge is 0.0289 e.